The minimum absolute atomic E-state index is 0.222. The number of aromatic nitrogens is 2. The van der Waals surface area contributed by atoms with Gasteiger partial charge in [-0.2, -0.15) is 5.10 Å². The van der Waals surface area contributed by atoms with Crippen LogP contribution in [-0.4, -0.2) is 59.3 Å². The van der Waals surface area contributed by atoms with E-state index in [1.165, 1.54) is 24.8 Å². The van der Waals surface area contributed by atoms with Crippen molar-refractivity contribution >= 4 is 5.96 Å². The van der Waals surface area contributed by atoms with E-state index in [1.807, 2.05) is 24.8 Å². The van der Waals surface area contributed by atoms with Gasteiger partial charge in [0.2, 0.25) is 0 Å². The molecule has 0 bridgehead atoms. The summed E-state index contributed by atoms with van der Waals surface area (Å²) < 4.78 is 7.67. The largest absolute Gasteiger partial charge is 0.468 e. The van der Waals surface area contributed by atoms with Gasteiger partial charge in [0.1, 0.15) is 5.76 Å². The smallest absolute Gasteiger partial charge is 0.193 e. The molecule has 3 rings (SSSR count). The van der Waals surface area contributed by atoms with E-state index in [0.29, 0.717) is 5.92 Å². The molecule has 2 aromatic rings. The molecule has 29 heavy (non-hydrogen) atoms. The Morgan fingerprint density at radius 2 is 2.07 bits per heavy atom. The number of hydrogen-bond acceptors (Lipinski definition) is 4. The van der Waals surface area contributed by atoms with E-state index in [-0.39, 0.29) is 6.04 Å². The molecule has 7 nitrogen and oxygen atoms in total. The fourth-order valence-electron chi connectivity index (χ4n) is 4.19. The molecule has 0 aromatic carbocycles. The van der Waals surface area contributed by atoms with Crippen molar-refractivity contribution in [3.8, 4) is 0 Å². The van der Waals surface area contributed by atoms with E-state index in [4.69, 9.17) is 4.42 Å². The van der Waals surface area contributed by atoms with Crippen LogP contribution < -0.4 is 5.32 Å². The van der Waals surface area contributed by atoms with Gasteiger partial charge in [0.25, 0.3) is 0 Å². The molecule has 1 aliphatic heterocycles. The second-order valence-corrected chi connectivity index (χ2v) is 8.28. The first-order chi connectivity index (χ1) is 14.0. The summed E-state index contributed by atoms with van der Waals surface area (Å²) in [6.07, 6.45) is 7.71. The van der Waals surface area contributed by atoms with Crippen molar-refractivity contribution in [3.63, 3.8) is 0 Å². The molecule has 0 spiro atoms. The third kappa shape index (κ3) is 5.41. The van der Waals surface area contributed by atoms with E-state index in [2.05, 4.69) is 58.4 Å². The number of hydrogen-bond donors (Lipinski definition) is 1. The Hall–Kier alpha value is -2.28. The maximum absolute atomic E-state index is 5.77. The summed E-state index contributed by atoms with van der Waals surface area (Å²) in [5.74, 6) is 2.31. The highest BCUT2D eigenvalue weighted by molar-refractivity contribution is 5.79. The van der Waals surface area contributed by atoms with Crippen molar-refractivity contribution in [3.05, 3.63) is 41.6 Å². The molecular formula is C22H36N6O. The van der Waals surface area contributed by atoms with Crippen LogP contribution in [0.2, 0.25) is 0 Å². The van der Waals surface area contributed by atoms with E-state index < -0.39 is 0 Å². The van der Waals surface area contributed by atoms with Crippen molar-refractivity contribution in [1.29, 1.82) is 0 Å². The highest BCUT2D eigenvalue weighted by Crippen LogP contribution is 2.24. The van der Waals surface area contributed by atoms with Gasteiger partial charge in [-0.15, -0.1) is 0 Å². The molecule has 1 fully saturated rings. The van der Waals surface area contributed by atoms with Gasteiger partial charge in [-0.3, -0.25) is 14.6 Å². The molecule has 1 saturated heterocycles. The van der Waals surface area contributed by atoms with Crippen molar-refractivity contribution in [2.24, 2.45) is 12.0 Å². The van der Waals surface area contributed by atoms with Gasteiger partial charge in [0.15, 0.2) is 5.96 Å². The van der Waals surface area contributed by atoms with Crippen LogP contribution in [0.25, 0.3) is 0 Å². The Bertz CT molecular complexity index is 773. The van der Waals surface area contributed by atoms with Crippen LogP contribution in [-0.2, 0) is 13.6 Å². The summed E-state index contributed by atoms with van der Waals surface area (Å²) in [6, 6.07) is 4.28. The van der Waals surface area contributed by atoms with Gasteiger partial charge >= 0.3 is 0 Å². The van der Waals surface area contributed by atoms with Gasteiger partial charge in [0.05, 0.1) is 18.0 Å². The van der Waals surface area contributed by atoms with E-state index in [9.17, 15) is 0 Å². The van der Waals surface area contributed by atoms with Crippen LogP contribution in [0.4, 0.5) is 0 Å². The number of aryl methyl sites for hydroxylation is 1. The average molecular weight is 401 g/mol. The zero-order chi connectivity index (χ0) is 20.8. The molecular weight excluding hydrogens is 364 g/mol. The number of furan rings is 1. The topological polar surface area (TPSA) is 61.8 Å². The molecule has 0 radical (unpaired) electrons. The molecule has 1 unspecified atom stereocenters. The predicted molar refractivity (Wildman–Crippen MR) is 117 cm³/mol. The summed E-state index contributed by atoms with van der Waals surface area (Å²) >= 11 is 0. The zero-order valence-corrected chi connectivity index (χ0v) is 18.6. The molecule has 1 atom stereocenters. The minimum Gasteiger partial charge on any atom is -0.468 e. The van der Waals surface area contributed by atoms with Gasteiger partial charge in [-0.05, 0) is 44.0 Å². The molecule has 1 aliphatic rings. The standard InChI is InChI=1S/C22H36N6O/c1-17(2)21-18(16-27(5)25-21)15-26(4)22(23-3)24-14-19(20-10-9-13-29-20)28-11-7-6-8-12-28/h9-10,13,16-17,19H,6-8,11-12,14-15H2,1-5H3,(H,23,24). The lowest BCUT2D eigenvalue weighted by Gasteiger charge is -2.34. The van der Waals surface area contributed by atoms with Gasteiger partial charge in [0, 0.05) is 46.0 Å². The maximum atomic E-state index is 5.77. The van der Waals surface area contributed by atoms with Crippen molar-refractivity contribution in [2.75, 3.05) is 33.7 Å². The fourth-order valence-corrected chi connectivity index (χ4v) is 4.19. The van der Waals surface area contributed by atoms with Gasteiger partial charge < -0.3 is 14.6 Å². The van der Waals surface area contributed by atoms with E-state index in [0.717, 1.165) is 43.6 Å². The van der Waals surface area contributed by atoms with Crippen LogP contribution in [0, 0.1) is 0 Å². The first-order valence-corrected chi connectivity index (χ1v) is 10.7. The molecule has 7 heteroatoms. The second-order valence-electron chi connectivity index (χ2n) is 8.28. The van der Waals surface area contributed by atoms with Crippen LogP contribution in [0.5, 0.6) is 0 Å². The number of nitrogens with one attached hydrogen (secondary N) is 1. The SMILES string of the molecule is CN=C(NCC(c1ccco1)N1CCCCC1)N(C)Cc1cn(C)nc1C(C)C. The number of rotatable bonds is 7. The van der Waals surface area contributed by atoms with E-state index >= 15 is 0 Å². The molecule has 160 valence electrons. The maximum Gasteiger partial charge on any atom is 0.193 e. The molecule has 0 aliphatic carbocycles. The summed E-state index contributed by atoms with van der Waals surface area (Å²) in [7, 11) is 5.90. The van der Waals surface area contributed by atoms with Gasteiger partial charge in [-0.1, -0.05) is 20.3 Å². The van der Waals surface area contributed by atoms with Crippen LogP contribution in [0.1, 0.15) is 62.1 Å². The first-order valence-electron chi connectivity index (χ1n) is 10.7. The summed E-state index contributed by atoms with van der Waals surface area (Å²) in [6.45, 7) is 8.16. The van der Waals surface area contributed by atoms with Crippen LogP contribution in [0.15, 0.2) is 34.0 Å². The molecule has 0 saturated carbocycles. The van der Waals surface area contributed by atoms with Crippen LogP contribution in [0.3, 0.4) is 0 Å². The van der Waals surface area contributed by atoms with Crippen molar-refractivity contribution in [2.45, 2.75) is 51.6 Å². The minimum atomic E-state index is 0.222. The Morgan fingerprint density at radius 3 is 2.69 bits per heavy atom. The monoisotopic (exact) mass is 400 g/mol. The Balaban J connectivity index is 1.66. The number of nitrogens with zero attached hydrogens (tertiary/aromatic N) is 5. The highest BCUT2D eigenvalue weighted by atomic mass is 16.3. The Labute approximate surface area is 174 Å². The summed E-state index contributed by atoms with van der Waals surface area (Å²) in [5.41, 5.74) is 2.39. The highest BCUT2D eigenvalue weighted by Gasteiger charge is 2.25. The molecule has 2 aromatic heterocycles. The number of piperidine rings is 1. The molecule has 3 heterocycles. The second kappa shape index (κ2) is 9.96. The lowest BCUT2D eigenvalue weighted by atomic mass is 10.1. The first kappa shape index (κ1) is 21.4. The molecule has 1 N–H and O–H groups in total. The number of aliphatic imine (C=N–C) groups is 1. The zero-order valence-electron chi connectivity index (χ0n) is 18.6. The Morgan fingerprint density at radius 1 is 1.31 bits per heavy atom. The quantitative estimate of drug-likeness (QED) is 0.570. The van der Waals surface area contributed by atoms with Crippen LogP contribution >= 0.6 is 0 Å². The third-order valence-electron chi connectivity index (χ3n) is 5.62. The predicted octanol–water partition coefficient (Wildman–Crippen LogP) is 3.37. The molecule has 0 amide bonds. The number of likely N-dealkylation sites (tertiary alicyclic amines) is 1. The third-order valence-corrected chi connectivity index (χ3v) is 5.62. The fraction of sp³-hybridized carbons (Fsp3) is 0.636. The number of guanidine groups is 1. The van der Waals surface area contributed by atoms with Crippen molar-refractivity contribution < 1.29 is 4.42 Å². The normalized spacial score (nSPS) is 17.0. The van der Waals surface area contributed by atoms with Gasteiger partial charge in [-0.25, -0.2) is 0 Å². The Kier molecular flexibility index (Phi) is 7.36. The summed E-state index contributed by atoms with van der Waals surface area (Å²) in [5, 5.41) is 8.21. The average Bonchev–Trinajstić information content (AvgIpc) is 3.36. The lowest BCUT2D eigenvalue weighted by molar-refractivity contribution is 0.146. The van der Waals surface area contributed by atoms with Crippen molar-refractivity contribution in [1.82, 2.24) is 24.9 Å². The summed E-state index contributed by atoms with van der Waals surface area (Å²) in [4.78, 5) is 9.21. The lowest BCUT2D eigenvalue weighted by Crippen LogP contribution is -2.44. The van der Waals surface area contributed by atoms with E-state index in [1.54, 1.807) is 6.26 Å².